The number of nitrogens with zero attached hydrogens (tertiary/aromatic N) is 1. The Kier molecular flexibility index (Phi) is 6.47. The molecule has 0 radical (unpaired) electrons. The topological polar surface area (TPSA) is 77.2 Å². The number of pyridine rings is 1. The number of nitrogens with one attached hydrogen (secondary N) is 1. The van der Waals surface area contributed by atoms with Gasteiger partial charge in [-0.15, -0.1) is 0 Å². The van der Waals surface area contributed by atoms with Gasteiger partial charge >= 0.3 is 0 Å². The molecule has 1 heterocycles. The molecular weight excluding hydrogens is 230 g/mol. The second-order valence-electron chi connectivity index (χ2n) is 3.54. The molecule has 1 rings (SSSR count). The monoisotopic (exact) mass is 247 g/mol. The van der Waals surface area contributed by atoms with Crippen LogP contribution in [-0.4, -0.2) is 37.7 Å². The molecule has 18 heavy (non-hydrogen) atoms. The fraction of sp³-hybridized carbons (Fsp3) is 0.385. The quantitative estimate of drug-likeness (QED) is 0.574. The molecule has 0 atom stereocenters. The molecule has 0 unspecified atom stereocenters. The van der Waals surface area contributed by atoms with Gasteiger partial charge in [-0.3, -0.25) is 4.79 Å². The second-order valence-corrected chi connectivity index (χ2v) is 3.54. The van der Waals surface area contributed by atoms with Crippen molar-refractivity contribution >= 4 is 5.91 Å². The SMILES string of the molecule is COCCCNC(=O)c1ccc(C#CCN)cn1. The summed E-state index contributed by atoms with van der Waals surface area (Å²) >= 11 is 0. The Balaban J connectivity index is 2.48. The van der Waals surface area contributed by atoms with E-state index < -0.39 is 0 Å². The molecule has 0 aliphatic heterocycles. The van der Waals surface area contributed by atoms with Gasteiger partial charge in [0.05, 0.1) is 6.54 Å². The number of methoxy groups -OCH3 is 1. The van der Waals surface area contributed by atoms with Crippen LogP contribution in [0.4, 0.5) is 0 Å². The van der Waals surface area contributed by atoms with E-state index >= 15 is 0 Å². The average molecular weight is 247 g/mol. The van der Waals surface area contributed by atoms with Gasteiger partial charge < -0.3 is 15.8 Å². The maximum absolute atomic E-state index is 11.7. The largest absolute Gasteiger partial charge is 0.385 e. The summed E-state index contributed by atoms with van der Waals surface area (Å²) in [4.78, 5) is 15.7. The van der Waals surface area contributed by atoms with Crippen molar-refractivity contribution in [2.75, 3.05) is 26.8 Å². The van der Waals surface area contributed by atoms with Crippen LogP contribution in [0, 0.1) is 11.8 Å². The minimum atomic E-state index is -0.190. The van der Waals surface area contributed by atoms with Crippen LogP contribution in [0.2, 0.25) is 0 Å². The predicted octanol–water partition coefficient (Wildman–Crippen LogP) is 0.158. The number of hydrogen-bond donors (Lipinski definition) is 2. The van der Waals surface area contributed by atoms with Crippen molar-refractivity contribution in [2.24, 2.45) is 5.73 Å². The lowest BCUT2D eigenvalue weighted by Crippen LogP contribution is -2.26. The fourth-order valence-corrected chi connectivity index (χ4v) is 1.26. The molecule has 0 aromatic carbocycles. The third-order valence-corrected chi connectivity index (χ3v) is 2.14. The van der Waals surface area contributed by atoms with Gasteiger partial charge in [-0.05, 0) is 18.6 Å². The highest BCUT2D eigenvalue weighted by Gasteiger charge is 2.05. The van der Waals surface area contributed by atoms with Gasteiger partial charge in [0.25, 0.3) is 5.91 Å². The zero-order valence-electron chi connectivity index (χ0n) is 10.4. The third-order valence-electron chi connectivity index (χ3n) is 2.14. The molecule has 0 saturated carbocycles. The van der Waals surface area contributed by atoms with E-state index in [-0.39, 0.29) is 5.91 Å². The predicted molar refractivity (Wildman–Crippen MR) is 69.0 cm³/mol. The minimum absolute atomic E-state index is 0.190. The van der Waals surface area contributed by atoms with E-state index in [1.54, 1.807) is 25.4 Å². The normalized spacial score (nSPS) is 9.44. The van der Waals surface area contributed by atoms with Gasteiger partial charge in [0.2, 0.25) is 0 Å². The molecule has 5 heteroatoms. The zero-order chi connectivity index (χ0) is 13.2. The summed E-state index contributed by atoms with van der Waals surface area (Å²) in [6.07, 6.45) is 2.34. The van der Waals surface area contributed by atoms with Crippen molar-refractivity contribution in [1.82, 2.24) is 10.3 Å². The molecule has 1 amide bonds. The van der Waals surface area contributed by atoms with E-state index in [0.717, 1.165) is 12.0 Å². The van der Waals surface area contributed by atoms with Gasteiger partial charge in [-0.25, -0.2) is 4.98 Å². The second kappa shape index (κ2) is 8.23. The van der Waals surface area contributed by atoms with Gasteiger partial charge in [-0.2, -0.15) is 0 Å². The zero-order valence-corrected chi connectivity index (χ0v) is 10.4. The van der Waals surface area contributed by atoms with Crippen LogP contribution in [0.3, 0.4) is 0 Å². The molecule has 0 saturated heterocycles. The molecule has 0 aliphatic carbocycles. The average Bonchev–Trinajstić information content (AvgIpc) is 2.41. The first-order valence-corrected chi connectivity index (χ1v) is 5.70. The lowest BCUT2D eigenvalue weighted by molar-refractivity contribution is 0.0943. The summed E-state index contributed by atoms with van der Waals surface area (Å²) in [5.74, 6) is 5.38. The number of carbonyl (C=O) groups is 1. The molecule has 96 valence electrons. The molecule has 5 nitrogen and oxygen atoms in total. The van der Waals surface area contributed by atoms with Crippen LogP contribution < -0.4 is 11.1 Å². The first-order chi connectivity index (χ1) is 8.77. The summed E-state index contributed by atoms with van der Waals surface area (Å²) < 4.78 is 4.89. The number of ether oxygens (including phenoxy) is 1. The number of carbonyl (C=O) groups excluding carboxylic acids is 1. The maximum atomic E-state index is 11.7. The van der Waals surface area contributed by atoms with Crippen LogP contribution >= 0.6 is 0 Å². The Bertz CT molecular complexity index is 432. The van der Waals surface area contributed by atoms with E-state index in [0.29, 0.717) is 25.4 Å². The molecule has 1 aromatic heterocycles. The lowest BCUT2D eigenvalue weighted by Gasteiger charge is -2.03. The number of aromatic nitrogens is 1. The molecule has 0 aliphatic rings. The van der Waals surface area contributed by atoms with Crippen molar-refractivity contribution in [3.8, 4) is 11.8 Å². The smallest absolute Gasteiger partial charge is 0.269 e. The first kappa shape index (κ1) is 14.2. The van der Waals surface area contributed by atoms with E-state index in [2.05, 4.69) is 22.1 Å². The highest BCUT2D eigenvalue weighted by Crippen LogP contribution is 1.98. The molecular formula is C13H17N3O2. The van der Waals surface area contributed by atoms with Crippen molar-refractivity contribution in [2.45, 2.75) is 6.42 Å². The van der Waals surface area contributed by atoms with E-state index in [1.165, 1.54) is 0 Å². The Morgan fingerprint density at radius 2 is 2.39 bits per heavy atom. The first-order valence-electron chi connectivity index (χ1n) is 5.70. The summed E-state index contributed by atoms with van der Waals surface area (Å²) in [5.41, 5.74) is 6.39. The van der Waals surface area contributed by atoms with Crippen molar-refractivity contribution in [3.05, 3.63) is 29.6 Å². The van der Waals surface area contributed by atoms with Gasteiger partial charge in [-0.1, -0.05) is 11.8 Å². The van der Waals surface area contributed by atoms with Gasteiger partial charge in [0, 0.05) is 32.0 Å². The van der Waals surface area contributed by atoms with Crippen LogP contribution in [-0.2, 0) is 4.74 Å². The van der Waals surface area contributed by atoms with Crippen molar-refractivity contribution in [1.29, 1.82) is 0 Å². The van der Waals surface area contributed by atoms with Crippen molar-refractivity contribution < 1.29 is 9.53 Å². The van der Waals surface area contributed by atoms with Gasteiger partial charge in [0.15, 0.2) is 0 Å². The third kappa shape index (κ3) is 4.95. The fourth-order valence-electron chi connectivity index (χ4n) is 1.26. The maximum Gasteiger partial charge on any atom is 0.269 e. The Hall–Kier alpha value is -1.90. The van der Waals surface area contributed by atoms with Crippen LogP contribution in [0.1, 0.15) is 22.5 Å². The number of hydrogen-bond acceptors (Lipinski definition) is 4. The Labute approximate surface area is 107 Å². The molecule has 0 bridgehead atoms. The number of amides is 1. The molecule has 0 fully saturated rings. The summed E-state index contributed by atoms with van der Waals surface area (Å²) in [5, 5.41) is 2.76. The van der Waals surface area contributed by atoms with Crippen LogP contribution in [0.5, 0.6) is 0 Å². The van der Waals surface area contributed by atoms with Crippen LogP contribution in [0.25, 0.3) is 0 Å². The highest BCUT2D eigenvalue weighted by atomic mass is 16.5. The highest BCUT2D eigenvalue weighted by molar-refractivity contribution is 5.92. The number of rotatable bonds is 5. The van der Waals surface area contributed by atoms with E-state index in [1.807, 2.05) is 0 Å². The minimum Gasteiger partial charge on any atom is -0.385 e. The lowest BCUT2D eigenvalue weighted by atomic mass is 10.2. The molecule has 1 aromatic rings. The molecule has 0 spiro atoms. The van der Waals surface area contributed by atoms with E-state index in [9.17, 15) is 4.79 Å². The summed E-state index contributed by atoms with van der Waals surface area (Å²) in [7, 11) is 1.63. The van der Waals surface area contributed by atoms with Crippen LogP contribution in [0.15, 0.2) is 18.3 Å². The standard InChI is InChI=1S/C13H17N3O2/c1-18-9-3-8-15-13(17)12-6-5-11(10-16-12)4-2-7-14/h5-6,10H,3,7-9,14H2,1H3,(H,15,17). The van der Waals surface area contributed by atoms with Crippen molar-refractivity contribution in [3.63, 3.8) is 0 Å². The summed E-state index contributed by atoms with van der Waals surface area (Å²) in [6, 6.07) is 3.39. The Morgan fingerprint density at radius 3 is 3.00 bits per heavy atom. The summed E-state index contributed by atoms with van der Waals surface area (Å²) in [6.45, 7) is 1.51. The molecule has 3 N–H and O–H groups in total. The van der Waals surface area contributed by atoms with E-state index in [4.69, 9.17) is 10.5 Å². The van der Waals surface area contributed by atoms with Gasteiger partial charge in [0.1, 0.15) is 5.69 Å². The Morgan fingerprint density at radius 1 is 1.56 bits per heavy atom. The number of nitrogens with two attached hydrogens (primary N) is 1.